The molecule has 0 saturated heterocycles. The summed E-state index contributed by atoms with van der Waals surface area (Å²) in [6, 6.07) is 5.76. The predicted molar refractivity (Wildman–Crippen MR) is 79.4 cm³/mol. The van der Waals surface area contributed by atoms with Crippen LogP contribution in [0.3, 0.4) is 0 Å². The van der Waals surface area contributed by atoms with Crippen LogP contribution in [-0.2, 0) is 4.79 Å². The number of nitrogens with zero attached hydrogens (tertiary/aromatic N) is 1. The molecule has 0 radical (unpaired) electrons. The molecule has 0 atom stereocenters. The van der Waals surface area contributed by atoms with Gasteiger partial charge in [0.05, 0.1) is 11.4 Å². The van der Waals surface area contributed by atoms with E-state index >= 15 is 0 Å². The van der Waals surface area contributed by atoms with Crippen LogP contribution in [0.4, 0.5) is 11.4 Å². The van der Waals surface area contributed by atoms with E-state index in [1.807, 2.05) is 0 Å². The largest absolute Gasteiger partial charge is 0.397 e. The molecule has 2 rings (SSSR count). The van der Waals surface area contributed by atoms with Crippen molar-refractivity contribution in [1.29, 1.82) is 0 Å². The van der Waals surface area contributed by atoms with E-state index in [0.29, 0.717) is 28.9 Å². The fourth-order valence-corrected chi connectivity index (χ4v) is 2.31. The molecule has 1 saturated carbocycles. The maximum Gasteiger partial charge on any atom is 0.225 e. The monoisotopic (exact) mass is 281 g/mol. The lowest BCUT2D eigenvalue weighted by atomic mass is 10.2. The second-order valence-corrected chi connectivity index (χ2v) is 5.33. The summed E-state index contributed by atoms with van der Waals surface area (Å²) in [4.78, 5) is 14.3. The van der Waals surface area contributed by atoms with Crippen LogP contribution in [0, 0.1) is 0 Å². The third-order valence-corrected chi connectivity index (χ3v) is 3.62. The van der Waals surface area contributed by atoms with Crippen LogP contribution in [0.2, 0.25) is 5.02 Å². The highest BCUT2D eigenvalue weighted by molar-refractivity contribution is 6.31. The Kier molecular flexibility index (Phi) is 4.66. The van der Waals surface area contributed by atoms with Crippen LogP contribution in [-0.4, -0.2) is 29.9 Å². The Hall–Kier alpha value is -1.26. The third kappa shape index (κ3) is 4.11. The first-order valence-electron chi connectivity index (χ1n) is 6.69. The zero-order valence-corrected chi connectivity index (χ0v) is 11.9. The number of nitrogens with one attached hydrogen (secondary N) is 1. The number of hydrogen-bond donors (Lipinski definition) is 2. The van der Waals surface area contributed by atoms with Crippen LogP contribution in [0.15, 0.2) is 18.2 Å². The standard InChI is InChI=1S/C14H20ClN3O/c1-2-18(11-4-5-11)8-7-14(19)17-13-9-10(15)3-6-12(13)16/h3,6,9,11H,2,4-5,7-8,16H2,1H3,(H,17,19). The van der Waals surface area contributed by atoms with E-state index in [1.54, 1.807) is 18.2 Å². The van der Waals surface area contributed by atoms with Crippen molar-refractivity contribution in [3.05, 3.63) is 23.2 Å². The number of benzene rings is 1. The van der Waals surface area contributed by atoms with Crippen molar-refractivity contribution < 1.29 is 4.79 Å². The first-order valence-corrected chi connectivity index (χ1v) is 7.07. The molecule has 0 aromatic heterocycles. The minimum absolute atomic E-state index is 0.0203. The molecule has 1 aliphatic rings. The summed E-state index contributed by atoms with van der Waals surface area (Å²) in [7, 11) is 0. The van der Waals surface area contributed by atoms with Gasteiger partial charge in [-0.15, -0.1) is 0 Å². The van der Waals surface area contributed by atoms with E-state index in [0.717, 1.165) is 13.1 Å². The van der Waals surface area contributed by atoms with Gasteiger partial charge in [0.15, 0.2) is 0 Å². The molecular weight excluding hydrogens is 262 g/mol. The molecule has 0 unspecified atom stereocenters. The summed E-state index contributed by atoms with van der Waals surface area (Å²) in [6.07, 6.45) is 3.00. The summed E-state index contributed by atoms with van der Waals surface area (Å²) in [5.74, 6) is -0.0203. The van der Waals surface area contributed by atoms with Crippen molar-refractivity contribution in [2.45, 2.75) is 32.2 Å². The molecule has 104 valence electrons. The van der Waals surface area contributed by atoms with E-state index in [9.17, 15) is 4.79 Å². The Balaban J connectivity index is 1.84. The molecule has 1 fully saturated rings. The number of amides is 1. The van der Waals surface area contributed by atoms with Crippen LogP contribution >= 0.6 is 11.6 Å². The van der Waals surface area contributed by atoms with Gasteiger partial charge in [0, 0.05) is 24.0 Å². The van der Waals surface area contributed by atoms with Gasteiger partial charge in [-0.1, -0.05) is 18.5 Å². The van der Waals surface area contributed by atoms with E-state index in [1.165, 1.54) is 12.8 Å². The van der Waals surface area contributed by atoms with Gasteiger partial charge >= 0.3 is 0 Å². The molecule has 4 nitrogen and oxygen atoms in total. The van der Waals surface area contributed by atoms with Gasteiger partial charge in [-0.3, -0.25) is 4.79 Å². The number of carbonyl (C=O) groups is 1. The van der Waals surface area contributed by atoms with Gasteiger partial charge in [-0.25, -0.2) is 0 Å². The highest BCUT2D eigenvalue weighted by Gasteiger charge is 2.27. The maximum atomic E-state index is 11.9. The number of rotatable bonds is 6. The van der Waals surface area contributed by atoms with Gasteiger partial charge in [-0.05, 0) is 37.6 Å². The molecule has 0 spiro atoms. The topological polar surface area (TPSA) is 58.4 Å². The quantitative estimate of drug-likeness (QED) is 0.788. The molecule has 19 heavy (non-hydrogen) atoms. The summed E-state index contributed by atoms with van der Waals surface area (Å²) in [5, 5.41) is 3.38. The first kappa shape index (κ1) is 14.2. The van der Waals surface area contributed by atoms with E-state index in [2.05, 4.69) is 17.1 Å². The molecule has 1 amide bonds. The highest BCUT2D eigenvalue weighted by atomic mass is 35.5. The van der Waals surface area contributed by atoms with Gasteiger partial charge < -0.3 is 16.0 Å². The number of anilines is 2. The highest BCUT2D eigenvalue weighted by Crippen LogP contribution is 2.27. The normalized spacial score (nSPS) is 14.7. The van der Waals surface area contributed by atoms with Gasteiger partial charge in [0.2, 0.25) is 5.91 Å². The van der Waals surface area contributed by atoms with E-state index in [4.69, 9.17) is 17.3 Å². The lowest BCUT2D eigenvalue weighted by molar-refractivity contribution is -0.116. The second-order valence-electron chi connectivity index (χ2n) is 4.89. The molecule has 1 aliphatic carbocycles. The van der Waals surface area contributed by atoms with E-state index < -0.39 is 0 Å². The summed E-state index contributed by atoms with van der Waals surface area (Å²) in [5.41, 5.74) is 6.92. The number of carbonyl (C=O) groups excluding carboxylic acids is 1. The summed E-state index contributed by atoms with van der Waals surface area (Å²) >= 11 is 5.88. The van der Waals surface area contributed by atoms with Crippen molar-refractivity contribution in [2.75, 3.05) is 24.1 Å². The zero-order valence-electron chi connectivity index (χ0n) is 11.2. The Morgan fingerprint density at radius 1 is 1.53 bits per heavy atom. The number of nitrogens with two attached hydrogens (primary N) is 1. The smallest absolute Gasteiger partial charge is 0.225 e. The minimum Gasteiger partial charge on any atom is -0.397 e. The molecule has 1 aromatic rings. The van der Waals surface area contributed by atoms with Crippen LogP contribution in [0.5, 0.6) is 0 Å². The number of hydrogen-bond acceptors (Lipinski definition) is 3. The molecule has 0 heterocycles. The van der Waals surface area contributed by atoms with Gasteiger partial charge in [-0.2, -0.15) is 0 Å². The molecule has 5 heteroatoms. The van der Waals surface area contributed by atoms with Crippen molar-refractivity contribution in [1.82, 2.24) is 4.90 Å². The average molecular weight is 282 g/mol. The zero-order chi connectivity index (χ0) is 13.8. The minimum atomic E-state index is -0.0203. The van der Waals surface area contributed by atoms with Crippen molar-refractivity contribution >= 4 is 28.9 Å². The van der Waals surface area contributed by atoms with Gasteiger partial charge in [0.1, 0.15) is 0 Å². The fourth-order valence-electron chi connectivity index (χ4n) is 2.13. The van der Waals surface area contributed by atoms with Crippen LogP contribution in [0.1, 0.15) is 26.2 Å². The second kappa shape index (κ2) is 6.26. The number of halogens is 1. The number of nitrogen functional groups attached to an aromatic ring is 1. The molecular formula is C14H20ClN3O. The predicted octanol–water partition coefficient (Wildman–Crippen LogP) is 2.74. The molecule has 1 aromatic carbocycles. The fraction of sp³-hybridized carbons (Fsp3) is 0.500. The summed E-state index contributed by atoms with van der Waals surface area (Å²) in [6.45, 7) is 3.93. The molecule has 3 N–H and O–H groups in total. The SMILES string of the molecule is CCN(CCC(=O)Nc1cc(Cl)ccc1N)C1CC1. The Bertz CT molecular complexity index is 460. The third-order valence-electron chi connectivity index (χ3n) is 3.38. The molecule has 0 bridgehead atoms. The first-order chi connectivity index (χ1) is 9.10. The Labute approximate surface area is 118 Å². The van der Waals surface area contributed by atoms with Crippen molar-refractivity contribution in [3.63, 3.8) is 0 Å². The van der Waals surface area contributed by atoms with Crippen LogP contribution < -0.4 is 11.1 Å². The lowest BCUT2D eigenvalue weighted by Crippen LogP contribution is -2.29. The van der Waals surface area contributed by atoms with Crippen LogP contribution in [0.25, 0.3) is 0 Å². The average Bonchev–Trinajstić information content (AvgIpc) is 3.19. The Morgan fingerprint density at radius 2 is 2.26 bits per heavy atom. The van der Waals surface area contributed by atoms with Gasteiger partial charge in [0.25, 0.3) is 0 Å². The summed E-state index contributed by atoms with van der Waals surface area (Å²) < 4.78 is 0. The van der Waals surface area contributed by atoms with E-state index in [-0.39, 0.29) is 5.91 Å². The maximum absolute atomic E-state index is 11.9. The van der Waals surface area contributed by atoms with Crippen molar-refractivity contribution in [2.24, 2.45) is 0 Å². The molecule has 0 aliphatic heterocycles. The lowest BCUT2D eigenvalue weighted by Gasteiger charge is -2.19. The Morgan fingerprint density at radius 3 is 2.89 bits per heavy atom. The van der Waals surface area contributed by atoms with Crippen molar-refractivity contribution in [3.8, 4) is 0 Å².